The van der Waals surface area contributed by atoms with Gasteiger partial charge in [-0.3, -0.25) is 4.99 Å². The van der Waals surface area contributed by atoms with E-state index in [1.807, 2.05) is 92.0 Å². The van der Waals surface area contributed by atoms with Crippen LogP contribution in [-0.4, -0.2) is 16.0 Å². The third kappa shape index (κ3) is 3.81. The minimum atomic E-state index is -0.429. The second-order valence-corrected chi connectivity index (χ2v) is 7.29. The SMILES string of the molecule is Cc1ccc(N=Cc2cn(-c3ccccc3)nc2-c2cc3ccccc3oc2=O)cc1. The number of hydrogen-bond acceptors (Lipinski definition) is 4. The maximum atomic E-state index is 12.8. The van der Waals surface area contributed by atoms with Gasteiger partial charge >= 0.3 is 5.63 Å². The first kappa shape index (κ1) is 18.8. The Balaban J connectivity index is 1.66. The summed E-state index contributed by atoms with van der Waals surface area (Å²) >= 11 is 0. The second kappa shape index (κ2) is 7.88. The van der Waals surface area contributed by atoms with Crippen molar-refractivity contribution in [1.29, 1.82) is 0 Å². The van der Waals surface area contributed by atoms with Gasteiger partial charge < -0.3 is 4.42 Å². The van der Waals surface area contributed by atoms with Gasteiger partial charge in [0, 0.05) is 23.4 Å². The predicted molar refractivity (Wildman–Crippen MR) is 123 cm³/mol. The fraction of sp³-hybridized carbons (Fsp3) is 0.0385. The Morgan fingerprint density at radius 2 is 1.68 bits per heavy atom. The Hall–Kier alpha value is -4.25. The van der Waals surface area contributed by atoms with Crippen molar-refractivity contribution in [3.05, 3.63) is 113 Å². The summed E-state index contributed by atoms with van der Waals surface area (Å²) in [5.41, 5.74) is 4.67. The van der Waals surface area contributed by atoms with Gasteiger partial charge in [0.15, 0.2) is 0 Å². The van der Waals surface area contributed by atoms with E-state index in [1.165, 1.54) is 5.56 Å². The van der Waals surface area contributed by atoms with Crippen LogP contribution in [0.3, 0.4) is 0 Å². The molecule has 150 valence electrons. The number of hydrogen-bond donors (Lipinski definition) is 0. The lowest BCUT2D eigenvalue weighted by Crippen LogP contribution is -2.05. The van der Waals surface area contributed by atoms with Gasteiger partial charge in [-0.1, -0.05) is 54.1 Å². The van der Waals surface area contributed by atoms with E-state index in [4.69, 9.17) is 9.52 Å². The second-order valence-electron chi connectivity index (χ2n) is 7.29. The highest BCUT2D eigenvalue weighted by molar-refractivity contribution is 5.91. The number of fused-ring (bicyclic) bond motifs is 1. The highest BCUT2D eigenvalue weighted by Crippen LogP contribution is 2.24. The molecule has 5 aromatic rings. The molecule has 0 amide bonds. The summed E-state index contributed by atoms with van der Waals surface area (Å²) in [5.74, 6) is 0. The molecule has 5 rings (SSSR count). The first-order chi connectivity index (χ1) is 15.2. The van der Waals surface area contributed by atoms with E-state index in [-0.39, 0.29) is 0 Å². The van der Waals surface area contributed by atoms with Gasteiger partial charge in [-0.2, -0.15) is 5.10 Å². The molecular formula is C26H19N3O2. The molecule has 5 heteroatoms. The molecule has 5 nitrogen and oxygen atoms in total. The van der Waals surface area contributed by atoms with Crippen LogP contribution in [0, 0.1) is 6.92 Å². The van der Waals surface area contributed by atoms with Gasteiger partial charge in [-0.25, -0.2) is 9.48 Å². The zero-order chi connectivity index (χ0) is 21.2. The summed E-state index contributed by atoms with van der Waals surface area (Å²) in [6.07, 6.45) is 3.61. The van der Waals surface area contributed by atoms with E-state index in [0.717, 1.165) is 22.3 Å². The lowest BCUT2D eigenvalue weighted by molar-refractivity contribution is 0.563. The summed E-state index contributed by atoms with van der Waals surface area (Å²) in [5, 5.41) is 5.55. The Morgan fingerprint density at radius 3 is 2.48 bits per heavy atom. The van der Waals surface area contributed by atoms with E-state index < -0.39 is 5.63 Å². The Labute approximate surface area is 178 Å². The molecule has 0 spiro atoms. The normalized spacial score (nSPS) is 11.4. The van der Waals surface area contributed by atoms with Crippen molar-refractivity contribution < 1.29 is 4.42 Å². The maximum Gasteiger partial charge on any atom is 0.345 e. The number of para-hydroxylation sites is 2. The number of nitrogens with zero attached hydrogens (tertiary/aromatic N) is 3. The number of aryl methyl sites for hydroxylation is 1. The van der Waals surface area contributed by atoms with Crippen LogP contribution in [-0.2, 0) is 0 Å². The average molecular weight is 405 g/mol. The predicted octanol–water partition coefficient (Wildman–Crippen LogP) is 5.70. The van der Waals surface area contributed by atoms with Crippen LogP contribution in [0.4, 0.5) is 5.69 Å². The third-order valence-electron chi connectivity index (χ3n) is 5.05. The molecule has 0 saturated carbocycles. The Bertz CT molecular complexity index is 1450. The van der Waals surface area contributed by atoms with Gasteiger partial charge in [0.2, 0.25) is 0 Å². The molecule has 0 radical (unpaired) electrons. The lowest BCUT2D eigenvalue weighted by Gasteiger charge is -2.01. The molecule has 0 saturated heterocycles. The maximum absolute atomic E-state index is 12.8. The molecule has 0 aliphatic heterocycles. The van der Waals surface area contributed by atoms with E-state index in [9.17, 15) is 4.79 Å². The van der Waals surface area contributed by atoms with Crippen molar-refractivity contribution >= 4 is 22.9 Å². The highest BCUT2D eigenvalue weighted by Gasteiger charge is 2.16. The number of aliphatic imine (C=N–C) groups is 1. The van der Waals surface area contributed by atoms with Gasteiger partial charge in [-0.05, 0) is 43.3 Å². The van der Waals surface area contributed by atoms with Crippen molar-refractivity contribution in [3.63, 3.8) is 0 Å². The van der Waals surface area contributed by atoms with E-state index in [1.54, 1.807) is 17.0 Å². The fourth-order valence-corrected chi connectivity index (χ4v) is 3.41. The van der Waals surface area contributed by atoms with Crippen molar-refractivity contribution in [2.45, 2.75) is 6.92 Å². The number of benzene rings is 3. The molecule has 31 heavy (non-hydrogen) atoms. The summed E-state index contributed by atoms with van der Waals surface area (Å²) in [6, 6.07) is 27.0. The molecule has 0 fully saturated rings. The fourth-order valence-electron chi connectivity index (χ4n) is 3.41. The molecule has 3 aromatic carbocycles. The van der Waals surface area contributed by atoms with Gasteiger partial charge in [-0.15, -0.1) is 0 Å². The van der Waals surface area contributed by atoms with E-state index >= 15 is 0 Å². The van der Waals surface area contributed by atoms with Crippen LogP contribution in [0.15, 0.2) is 105 Å². The quantitative estimate of drug-likeness (QED) is 0.284. The Morgan fingerprint density at radius 1 is 0.935 bits per heavy atom. The summed E-state index contributed by atoms with van der Waals surface area (Å²) < 4.78 is 7.29. The standard InChI is InChI=1S/C26H19N3O2/c1-18-11-13-21(14-12-18)27-16-20-17-29(22-8-3-2-4-9-22)28-25(20)23-15-19-7-5-6-10-24(19)31-26(23)30/h2-17H,1H3. The van der Waals surface area contributed by atoms with Crippen LogP contribution in [0.2, 0.25) is 0 Å². The first-order valence-electron chi connectivity index (χ1n) is 9.96. The lowest BCUT2D eigenvalue weighted by atomic mass is 10.1. The minimum Gasteiger partial charge on any atom is -0.422 e. The van der Waals surface area contributed by atoms with Crippen LogP contribution < -0.4 is 5.63 Å². The van der Waals surface area contributed by atoms with Crippen molar-refractivity contribution in [2.75, 3.05) is 0 Å². The van der Waals surface area contributed by atoms with Gasteiger partial charge in [0.05, 0.1) is 16.9 Å². The number of aromatic nitrogens is 2. The zero-order valence-electron chi connectivity index (χ0n) is 16.9. The molecule has 2 heterocycles. The third-order valence-corrected chi connectivity index (χ3v) is 5.05. The number of rotatable bonds is 4. The summed E-state index contributed by atoms with van der Waals surface area (Å²) in [6.45, 7) is 2.04. The monoisotopic (exact) mass is 405 g/mol. The largest absolute Gasteiger partial charge is 0.422 e. The molecule has 0 N–H and O–H groups in total. The van der Waals surface area contributed by atoms with Crippen LogP contribution >= 0.6 is 0 Å². The summed E-state index contributed by atoms with van der Waals surface area (Å²) in [4.78, 5) is 17.4. The molecule has 0 atom stereocenters. The van der Waals surface area contributed by atoms with Gasteiger partial charge in [0.25, 0.3) is 0 Å². The first-order valence-corrected chi connectivity index (χ1v) is 9.96. The van der Waals surface area contributed by atoms with Crippen molar-refractivity contribution in [3.8, 4) is 16.9 Å². The topological polar surface area (TPSA) is 60.4 Å². The molecule has 2 aromatic heterocycles. The smallest absolute Gasteiger partial charge is 0.345 e. The van der Waals surface area contributed by atoms with Crippen LogP contribution in [0.25, 0.3) is 27.9 Å². The minimum absolute atomic E-state index is 0.402. The van der Waals surface area contributed by atoms with Crippen LogP contribution in [0.5, 0.6) is 0 Å². The molecular weight excluding hydrogens is 386 g/mol. The molecule has 0 unspecified atom stereocenters. The van der Waals surface area contributed by atoms with E-state index in [0.29, 0.717) is 16.8 Å². The van der Waals surface area contributed by atoms with Crippen LogP contribution in [0.1, 0.15) is 11.1 Å². The summed E-state index contributed by atoms with van der Waals surface area (Å²) in [7, 11) is 0. The van der Waals surface area contributed by atoms with Crippen molar-refractivity contribution in [1.82, 2.24) is 9.78 Å². The highest BCUT2D eigenvalue weighted by atomic mass is 16.4. The van der Waals surface area contributed by atoms with E-state index in [2.05, 4.69) is 4.99 Å². The average Bonchev–Trinajstić information content (AvgIpc) is 3.23. The Kier molecular flexibility index (Phi) is 4.77. The van der Waals surface area contributed by atoms with Gasteiger partial charge in [0.1, 0.15) is 11.3 Å². The molecule has 0 aliphatic rings. The van der Waals surface area contributed by atoms with Crippen molar-refractivity contribution in [2.24, 2.45) is 4.99 Å². The zero-order valence-corrected chi connectivity index (χ0v) is 16.9. The molecule has 0 bridgehead atoms. The molecule has 0 aliphatic carbocycles.